The number of carbonyl (C=O) groups is 1. The van der Waals surface area contributed by atoms with E-state index in [4.69, 9.17) is 22.4 Å². The second-order valence-electron chi connectivity index (χ2n) is 3.73. The van der Waals surface area contributed by atoms with Crippen molar-refractivity contribution in [2.24, 2.45) is 5.73 Å². The molecule has 5 heteroatoms. The molecule has 0 saturated heterocycles. The minimum absolute atomic E-state index is 0.129. The molecule has 0 atom stereocenters. The molecular formula is C13H11ClN2O2. The molecule has 0 bridgehead atoms. The Bertz CT molecular complexity index is 582. The van der Waals surface area contributed by atoms with E-state index in [1.165, 1.54) is 6.07 Å². The van der Waals surface area contributed by atoms with Crippen molar-refractivity contribution in [2.75, 3.05) is 0 Å². The number of rotatable bonds is 3. The first kappa shape index (κ1) is 12.5. The Balaban J connectivity index is 2.44. The molecular weight excluding hydrogens is 252 g/mol. The summed E-state index contributed by atoms with van der Waals surface area (Å²) >= 11 is 5.77. The van der Waals surface area contributed by atoms with Crippen LogP contribution < -0.4 is 5.73 Å². The van der Waals surface area contributed by atoms with Gasteiger partial charge in [-0.2, -0.15) is 0 Å². The van der Waals surface area contributed by atoms with Crippen molar-refractivity contribution in [1.82, 2.24) is 4.98 Å². The molecule has 3 N–H and O–H groups in total. The van der Waals surface area contributed by atoms with Crippen LogP contribution in [0.2, 0.25) is 5.02 Å². The van der Waals surface area contributed by atoms with Crippen LogP contribution in [-0.4, -0.2) is 16.1 Å². The average Bonchev–Trinajstić information content (AvgIpc) is 2.39. The van der Waals surface area contributed by atoms with Crippen molar-refractivity contribution < 1.29 is 9.90 Å². The van der Waals surface area contributed by atoms with Gasteiger partial charge in [-0.25, -0.2) is 9.78 Å². The van der Waals surface area contributed by atoms with Crippen molar-refractivity contribution in [3.8, 4) is 11.3 Å². The highest BCUT2D eigenvalue weighted by atomic mass is 35.5. The summed E-state index contributed by atoms with van der Waals surface area (Å²) in [5, 5.41) is 9.09. The summed E-state index contributed by atoms with van der Waals surface area (Å²) in [6, 6.07) is 10.7. The van der Waals surface area contributed by atoms with Crippen LogP contribution in [0.1, 0.15) is 16.1 Å². The van der Waals surface area contributed by atoms with Crippen molar-refractivity contribution in [3.63, 3.8) is 0 Å². The predicted octanol–water partition coefficient (Wildman–Crippen LogP) is 2.56. The summed E-state index contributed by atoms with van der Waals surface area (Å²) in [5.41, 5.74) is 7.77. The van der Waals surface area contributed by atoms with Crippen LogP contribution in [0.3, 0.4) is 0 Å². The Kier molecular flexibility index (Phi) is 3.60. The highest BCUT2D eigenvalue weighted by Gasteiger charge is 2.12. The van der Waals surface area contributed by atoms with Crippen molar-refractivity contribution >= 4 is 17.6 Å². The van der Waals surface area contributed by atoms with E-state index in [-0.39, 0.29) is 10.7 Å². The maximum absolute atomic E-state index is 10.9. The van der Waals surface area contributed by atoms with Crippen molar-refractivity contribution in [1.29, 1.82) is 0 Å². The molecule has 0 aliphatic carbocycles. The lowest BCUT2D eigenvalue weighted by Gasteiger charge is -2.04. The van der Waals surface area contributed by atoms with Gasteiger partial charge in [-0.1, -0.05) is 35.9 Å². The quantitative estimate of drug-likeness (QED) is 0.891. The summed E-state index contributed by atoms with van der Waals surface area (Å²) in [4.78, 5) is 15.0. The number of aromatic nitrogens is 1. The Morgan fingerprint density at radius 2 is 1.89 bits per heavy atom. The Hall–Kier alpha value is -1.91. The first-order valence-corrected chi connectivity index (χ1v) is 5.69. The third-order valence-electron chi connectivity index (χ3n) is 2.53. The van der Waals surface area contributed by atoms with Crippen molar-refractivity contribution in [3.05, 3.63) is 52.7 Å². The Morgan fingerprint density at radius 3 is 2.44 bits per heavy atom. The molecule has 0 aliphatic rings. The second kappa shape index (κ2) is 5.16. The summed E-state index contributed by atoms with van der Waals surface area (Å²) in [6.45, 7) is 0.467. The van der Waals surface area contributed by atoms with Crippen LogP contribution in [0, 0.1) is 0 Å². The number of hydrogen-bond donors (Lipinski definition) is 2. The topological polar surface area (TPSA) is 76.2 Å². The second-order valence-corrected chi connectivity index (χ2v) is 4.14. The Labute approximate surface area is 109 Å². The van der Waals surface area contributed by atoms with Gasteiger partial charge in [0.1, 0.15) is 0 Å². The van der Waals surface area contributed by atoms with Gasteiger partial charge in [0.25, 0.3) is 0 Å². The summed E-state index contributed by atoms with van der Waals surface area (Å²) < 4.78 is 0. The van der Waals surface area contributed by atoms with E-state index >= 15 is 0 Å². The van der Waals surface area contributed by atoms with Gasteiger partial charge in [0, 0.05) is 12.1 Å². The SMILES string of the molecule is NCc1ccc(-c2ccc(Cl)c(C(=O)O)n2)cc1. The van der Waals surface area contributed by atoms with Crippen LogP contribution in [0.25, 0.3) is 11.3 Å². The van der Waals surface area contributed by atoms with Gasteiger partial charge in [0.2, 0.25) is 0 Å². The monoisotopic (exact) mass is 262 g/mol. The van der Waals surface area contributed by atoms with Gasteiger partial charge in [-0.05, 0) is 17.7 Å². The fourth-order valence-electron chi connectivity index (χ4n) is 1.56. The fraction of sp³-hybridized carbons (Fsp3) is 0.0769. The zero-order valence-electron chi connectivity index (χ0n) is 9.43. The molecule has 1 aromatic heterocycles. The zero-order chi connectivity index (χ0) is 13.1. The van der Waals surface area contributed by atoms with E-state index in [0.717, 1.165) is 11.1 Å². The van der Waals surface area contributed by atoms with Crippen LogP contribution in [-0.2, 0) is 6.54 Å². The molecule has 0 saturated carbocycles. The number of hydrogen-bond acceptors (Lipinski definition) is 3. The van der Waals surface area contributed by atoms with E-state index in [1.54, 1.807) is 6.07 Å². The first-order valence-electron chi connectivity index (χ1n) is 5.31. The Morgan fingerprint density at radius 1 is 1.22 bits per heavy atom. The van der Waals surface area contributed by atoms with Gasteiger partial charge >= 0.3 is 5.97 Å². The third-order valence-corrected chi connectivity index (χ3v) is 2.84. The molecule has 0 amide bonds. The maximum atomic E-state index is 10.9. The molecule has 2 rings (SSSR count). The van der Waals surface area contributed by atoms with Gasteiger partial charge < -0.3 is 10.8 Å². The fourth-order valence-corrected chi connectivity index (χ4v) is 1.75. The number of benzene rings is 1. The molecule has 0 unspecified atom stereocenters. The minimum atomic E-state index is -1.14. The van der Waals surface area contributed by atoms with Crippen LogP contribution in [0.15, 0.2) is 36.4 Å². The normalized spacial score (nSPS) is 10.3. The summed E-state index contributed by atoms with van der Waals surface area (Å²) in [7, 11) is 0. The molecule has 92 valence electrons. The number of carboxylic acids is 1. The molecule has 4 nitrogen and oxygen atoms in total. The summed E-state index contributed by atoms with van der Waals surface area (Å²) in [5.74, 6) is -1.14. The molecule has 0 aliphatic heterocycles. The smallest absolute Gasteiger partial charge is 0.356 e. The summed E-state index contributed by atoms with van der Waals surface area (Å²) in [6.07, 6.45) is 0. The van der Waals surface area contributed by atoms with Crippen LogP contribution in [0.4, 0.5) is 0 Å². The molecule has 18 heavy (non-hydrogen) atoms. The lowest BCUT2D eigenvalue weighted by atomic mass is 10.1. The van der Waals surface area contributed by atoms with Gasteiger partial charge in [-0.15, -0.1) is 0 Å². The van der Waals surface area contributed by atoms with E-state index < -0.39 is 5.97 Å². The highest BCUT2D eigenvalue weighted by Crippen LogP contribution is 2.22. The van der Waals surface area contributed by atoms with Gasteiger partial charge in [-0.3, -0.25) is 0 Å². The largest absolute Gasteiger partial charge is 0.476 e. The van der Waals surface area contributed by atoms with E-state index in [9.17, 15) is 4.79 Å². The van der Waals surface area contributed by atoms with Gasteiger partial charge in [0.15, 0.2) is 5.69 Å². The first-order chi connectivity index (χ1) is 8.61. The number of carboxylic acid groups (broad SMARTS) is 1. The third kappa shape index (κ3) is 2.50. The number of halogens is 1. The number of pyridine rings is 1. The lowest BCUT2D eigenvalue weighted by molar-refractivity contribution is 0.0691. The molecule has 2 aromatic rings. The standard InChI is InChI=1S/C13H11ClN2O2/c14-10-5-6-11(16-12(10)13(17)18)9-3-1-8(7-15)2-4-9/h1-6H,7,15H2,(H,17,18). The number of nitrogens with zero attached hydrogens (tertiary/aromatic N) is 1. The zero-order valence-corrected chi connectivity index (χ0v) is 10.2. The van der Waals surface area contributed by atoms with Gasteiger partial charge in [0.05, 0.1) is 10.7 Å². The highest BCUT2D eigenvalue weighted by molar-refractivity contribution is 6.33. The molecule has 0 fully saturated rings. The van der Waals surface area contributed by atoms with E-state index in [0.29, 0.717) is 12.2 Å². The van der Waals surface area contributed by atoms with E-state index in [1.807, 2.05) is 24.3 Å². The minimum Gasteiger partial charge on any atom is -0.476 e. The molecule has 1 aromatic carbocycles. The lowest BCUT2D eigenvalue weighted by Crippen LogP contribution is -2.02. The average molecular weight is 263 g/mol. The number of aromatic carboxylic acids is 1. The van der Waals surface area contributed by atoms with Crippen LogP contribution in [0.5, 0.6) is 0 Å². The maximum Gasteiger partial charge on any atom is 0.356 e. The number of nitrogens with two attached hydrogens (primary N) is 1. The molecule has 0 radical (unpaired) electrons. The van der Waals surface area contributed by atoms with Crippen molar-refractivity contribution in [2.45, 2.75) is 6.54 Å². The molecule has 0 spiro atoms. The molecule has 1 heterocycles. The van der Waals surface area contributed by atoms with E-state index in [2.05, 4.69) is 4.98 Å². The predicted molar refractivity (Wildman–Crippen MR) is 69.5 cm³/mol. The van der Waals surface area contributed by atoms with Crippen LogP contribution >= 0.6 is 11.6 Å².